The van der Waals surface area contributed by atoms with E-state index in [1.54, 1.807) is 0 Å². The predicted molar refractivity (Wildman–Crippen MR) is 46.5 cm³/mol. The van der Waals surface area contributed by atoms with Crippen molar-refractivity contribution in [2.24, 2.45) is 5.92 Å². The van der Waals surface area contributed by atoms with Crippen LogP contribution in [0.25, 0.3) is 0 Å². The molecule has 0 rings (SSSR count). The molecule has 0 amide bonds. The van der Waals surface area contributed by atoms with Crippen LogP contribution in [0, 0.1) is 5.92 Å². The van der Waals surface area contributed by atoms with Crippen LogP contribution in [-0.2, 0) is 19.7 Å². The molecule has 0 heterocycles. The minimum absolute atomic E-state index is 0. The van der Waals surface area contributed by atoms with Crippen molar-refractivity contribution in [1.82, 2.24) is 0 Å². The van der Waals surface area contributed by atoms with Gasteiger partial charge in [-0.3, -0.25) is 0 Å². The van der Waals surface area contributed by atoms with E-state index in [0.29, 0.717) is 5.92 Å². The Hall–Kier alpha value is 0.744. The van der Waals surface area contributed by atoms with Crippen LogP contribution in [0.2, 0.25) is 0 Å². The average Bonchev–Trinajstić information content (AvgIpc) is 1.98. The summed E-state index contributed by atoms with van der Waals surface area (Å²) in [6, 6.07) is 0. The Labute approximate surface area is 84.4 Å². The molecule has 1 unspecified atom stereocenters. The molecule has 0 aromatic heterocycles. The predicted octanol–water partition coefficient (Wildman–Crippen LogP) is 3.10. The molecule has 1 nitrogen and oxygen atoms in total. The van der Waals surface area contributed by atoms with Crippen LogP contribution in [0.15, 0.2) is 0 Å². The third-order valence-corrected chi connectivity index (χ3v) is 2.00. The molecule has 0 bridgehead atoms. The van der Waals surface area contributed by atoms with E-state index in [9.17, 15) is 0 Å². The van der Waals surface area contributed by atoms with Gasteiger partial charge in [0.15, 0.2) is 0 Å². The molecule has 0 aromatic carbocycles. The summed E-state index contributed by atoms with van der Waals surface area (Å²) in [6.07, 6.45) is 5.05. The molecule has 11 heavy (non-hydrogen) atoms. The van der Waals surface area contributed by atoms with Gasteiger partial charge in [0.25, 0.3) is 0 Å². The van der Waals surface area contributed by atoms with Gasteiger partial charge in [-0.25, -0.2) is 0 Å². The first kappa shape index (κ1) is 14.3. The van der Waals surface area contributed by atoms with Crippen molar-refractivity contribution in [2.75, 3.05) is 6.61 Å². The number of rotatable bonds is 6. The molecule has 0 radical (unpaired) electrons. The summed E-state index contributed by atoms with van der Waals surface area (Å²) in [7, 11) is 0. The SMILES string of the molecule is CCCCC(CC)C[O][Ni].Cl. The van der Waals surface area contributed by atoms with Crippen molar-refractivity contribution in [2.45, 2.75) is 39.5 Å². The standard InChI is InChI=1S/C8H17O.ClH.Ni/c1-3-5-6-8(4-2)7-9;;/h8H,3-7H2,1-2H3;1H;/q-1;;+1. The molecule has 0 spiro atoms. The minimum Gasteiger partial charge on any atom is -0.147 e. The molecular formula is C8H18ClNiO. The molecule has 73 valence electrons. The van der Waals surface area contributed by atoms with Crippen LogP contribution in [0.1, 0.15) is 39.5 Å². The van der Waals surface area contributed by atoms with Gasteiger partial charge >= 0.3 is 71.7 Å². The average molecular weight is 224 g/mol. The van der Waals surface area contributed by atoms with E-state index in [4.69, 9.17) is 3.88 Å². The summed E-state index contributed by atoms with van der Waals surface area (Å²) in [4.78, 5) is 0. The first-order chi connectivity index (χ1) is 4.85. The summed E-state index contributed by atoms with van der Waals surface area (Å²) in [6.45, 7) is 5.18. The zero-order valence-corrected chi connectivity index (χ0v) is 9.05. The molecular weight excluding hydrogens is 206 g/mol. The van der Waals surface area contributed by atoms with E-state index in [-0.39, 0.29) is 12.4 Å². The second-order valence-corrected chi connectivity index (χ2v) is 2.96. The van der Waals surface area contributed by atoms with Crippen LogP contribution in [0.5, 0.6) is 0 Å². The second-order valence-electron chi connectivity index (χ2n) is 2.67. The Morgan fingerprint density at radius 3 is 2.36 bits per heavy atom. The van der Waals surface area contributed by atoms with Gasteiger partial charge in [0, 0.05) is 0 Å². The summed E-state index contributed by atoms with van der Waals surface area (Å²) >= 11 is 4.18. The maximum atomic E-state index is 4.72. The van der Waals surface area contributed by atoms with Gasteiger partial charge in [0.2, 0.25) is 0 Å². The van der Waals surface area contributed by atoms with Crippen LogP contribution in [0.4, 0.5) is 0 Å². The van der Waals surface area contributed by atoms with Crippen molar-refractivity contribution in [1.29, 1.82) is 0 Å². The minimum atomic E-state index is 0. The van der Waals surface area contributed by atoms with Gasteiger partial charge in [-0.05, 0) is 0 Å². The maximum Gasteiger partial charge on any atom is -0.147 e. The number of unbranched alkanes of at least 4 members (excludes halogenated alkanes) is 1. The zero-order chi connectivity index (χ0) is 7.82. The van der Waals surface area contributed by atoms with Gasteiger partial charge in [-0.1, -0.05) is 0 Å². The van der Waals surface area contributed by atoms with E-state index >= 15 is 0 Å². The Bertz CT molecular complexity index is 71.1. The fraction of sp³-hybridized carbons (Fsp3) is 1.00. The number of hydrogen-bond acceptors (Lipinski definition) is 1. The van der Waals surface area contributed by atoms with Crippen molar-refractivity contribution in [3.05, 3.63) is 0 Å². The van der Waals surface area contributed by atoms with Gasteiger partial charge in [-0.15, -0.1) is 12.4 Å². The van der Waals surface area contributed by atoms with Crippen LogP contribution in [-0.4, -0.2) is 6.61 Å². The molecule has 0 aliphatic rings. The fourth-order valence-corrected chi connectivity index (χ4v) is 1.21. The second kappa shape index (κ2) is 10.7. The van der Waals surface area contributed by atoms with E-state index < -0.39 is 0 Å². The van der Waals surface area contributed by atoms with Gasteiger partial charge < -0.3 is 0 Å². The Morgan fingerprint density at radius 1 is 1.36 bits per heavy atom. The molecule has 0 N–H and O–H groups in total. The first-order valence-corrected chi connectivity index (χ1v) is 4.46. The van der Waals surface area contributed by atoms with Crippen LogP contribution in [0.3, 0.4) is 0 Å². The van der Waals surface area contributed by atoms with E-state index in [0.717, 1.165) is 6.61 Å². The summed E-state index contributed by atoms with van der Waals surface area (Å²) in [5.41, 5.74) is 0. The van der Waals surface area contributed by atoms with Crippen molar-refractivity contribution in [3.63, 3.8) is 0 Å². The first-order valence-electron chi connectivity index (χ1n) is 4.06. The molecule has 0 aliphatic heterocycles. The molecule has 0 saturated carbocycles. The van der Waals surface area contributed by atoms with E-state index in [1.165, 1.54) is 25.7 Å². The molecule has 0 saturated heterocycles. The summed E-state index contributed by atoms with van der Waals surface area (Å²) in [5.74, 6) is 0.702. The van der Waals surface area contributed by atoms with E-state index in [1.807, 2.05) is 0 Å². The van der Waals surface area contributed by atoms with Crippen LogP contribution >= 0.6 is 12.4 Å². The van der Waals surface area contributed by atoms with E-state index in [2.05, 4.69) is 29.6 Å². The van der Waals surface area contributed by atoms with Gasteiger partial charge in [0.05, 0.1) is 0 Å². The maximum absolute atomic E-state index is 4.72. The molecule has 0 fully saturated rings. The zero-order valence-electron chi connectivity index (χ0n) is 7.25. The monoisotopic (exact) mass is 223 g/mol. The fourth-order valence-electron chi connectivity index (χ4n) is 0.973. The van der Waals surface area contributed by atoms with Gasteiger partial charge in [-0.2, -0.15) is 0 Å². The summed E-state index contributed by atoms with van der Waals surface area (Å²) < 4.78 is 4.72. The molecule has 1 atom stereocenters. The largest absolute Gasteiger partial charge is 0.147 e. The third-order valence-electron chi connectivity index (χ3n) is 1.83. The Kier molecular flexibility index (Phi) is 13.9. The van der Waals surface area contributed by atoms with Crippen LogP contribution < -0.4 is 0 Å². The summed E-state index contributed by atoms with van der Waals surface area (Å²) in [5, 5.41) is 0. The third kappa shape index (κ3) is 8.65. The Morgan fingerprint density at radius 2 is 2.00 bits per heavy atom. The molecule has 0 aliphatic carbocycles. The molecule has 0 aromatic rings. The van der Waals surface area contributed by atoms with Crippen molar-refractivity contribution < 1.29 is 19.7 Å². The number of hydrogen-bond donors (Lipinski definition) is 0. The molecule has 3 heteroatoms. The topological polar surface area (TPSA) is 9.23 Å². The smallest absolute Gasteiger partial charge is 0.147 e. The van der Waals surface area contributed by atoms with Crippen molar-refractivity contribution >= 4 is 12.4 Å². The normalized spacial score (nSPS) is 12.4. The quantitative estimate of drug-likeness (QED) is 0.630. The van der Waals surface area contributed by atoms with Crippen molar-refractivity contribution in [3.8, 4) is 0 Å². The van der Waals surface area contributed by atoms with Gasteiger partial charge in [0.1, 0.15) is 0 Å². The number of halogens is 1. The Balaban J connectivity index is 0.